The average molecular weight is 283 g/mol. The zero-order valence-electron chi connectivity index (χ0n) is 11.0. The number of carbonyl (C=O) groups excluding carboxylic acids is 1. The zero-order chi connectivity index (χ0) is 14.0. The Bertz CT molecular complexity index is 461. The molecule has 0 unspecified atom stereocenters. The number of ketones is 1. The number of thiazole rings is 1. The largest absolute Gasteiger partial charge is 0.476 e. The maximum atomic E-state index is 11.4. The summed E-state index contributed by atoms with van der Waals surface area (Å²) in [6, 6.07) is 0.295. The number of likely N-dealkylation sites (tertiary alicyclic amines) is 1. The minimum absolute atomic E-state index is 0.145. The van der Waals surface area contributed by atoms with Gasteiger partial charge in [-0.1, -0.05) is 11.3 Å². The fraction of sp³-hybridized carbons (Fsp3) is 0.583. The first-order chi connectivity index (χ1) is 8.97. The minimum Gasteiger partial charge on any atom is -0.476 e. The van der Waals surface area contributed by atoms with Crippen LogP contribution in [-0.4, -0.2) is 52.9 Å². The van der Waals surface area contributed by atoms with Crippen LogP contribution in [0.4, 0.5) is 5.13 Å². The number of carboxylic acids is 1. The van der Waals surface area contributed by atoms with E-state index >= 15 is 0 Å². The van der Waals surface area contributed by atoms with Gasteiger partial charge >= 0.3 is 5.97 Å². The molecule has 1 aliphatic heterocycles. The van der Waals surface area contributed by atoms with E-state index in [2.05, 4.69) is 22.2 Å². The van der Waals surface area contributed by atoms with Crippen molar-refractivity contribution < 1.29 is 14.7 Å². The first-order valence-electron chi connectivity index (χ1n) is 6.17. The Morgan fingerprint density at radius 1 is 1.42 bits per heavy atom. The molecule has 0 bridgehead atoms. The lowest BCUT2D eigenvalue weighted by atomic mass is 10.1. The van der Waals surface area contributed by atoms with Crippen LogP contribution in [-0.2, 0) is 0 Å². The van der Waals surface area contributed by atoms with E-state index in [1.807, 2.05) is 0 Å². The zero-order valence-corrected chi connectivity index (χ0v) is 11.8. The van der Waals surface area contributed by atoms with E-state index in [1.165, 1.54) is 6.92 Å². The molecule has 0 spiro atoms. The lowest BCUT2D eigenvalue weighted by Crippen LogP contribution is -2.36. The van der Waals surface area contributed by atoms with Gasteiger partial charge in [-0.2, -0.15) is 0 Å². The van der Waals surface area contributed by atoms with E-state index in [4.69, 9.17) is 5.11 Å². The molecule has 0 aromatic carbocycles. The van der Waals surface area contributed by atoms with Crippen molar-refractivity contribution in [3.63, 3.8) is 0 Å². The summed E-state index contributed by atoms with van der Waals surface area (Å²) in [5, 5.41) is 12.8. The number of aromatic nitrogens is 1. The molecule has 0 amide bonds. The molecule has 19 heavy (non-hydrogen) atoms. The van der Waals surface area contributed by atoms with E-state index in [1.54, 1.807) is 0 Å². The summed E-state index contributed by atoms with van der Waals surface area (Å²) in [6.07, 6.45) is 1.99. The quantitative estimate of drug-likeness (QED) is 0.816. The van der Waals surface area contributed by atoms with Gasteiger partial charge in [0.2, 0.25) is 0 Å². The van der Waals surface area contributed by atoms with Gasteiger partial charge < -0.3 is 15.3 Å². The molecular formula is C12H17N3O3S. The molecule has 0 atom stereocenters. The predicted octanol–water partition coefficient (Wildman–Crippen LogP) is 1.55. The molecule has 2 N–H and O–H groups in total. The first-order valence-corrected chi connectivity index (χ1v) is 6.99. The van der Waals surface area contributed by atoms with E-state index in [0.717, 1.165) is 37.3 Å². The van der Waals surface area contributed by atoms with Gasteiger partial charge in [0.25, 0.3) is 0 Å². The van der Waals surface area contributed by atoms with Crippen molar-refractivity contribution in [2.75, 3.05) is 25.5 Å². The molecule has 0 saturated carbocycles. The predicted molar refractivity (Wildman–Crippen MR) is 73.2 cm³/mol. The van der Waals surface area contributed by atoms with E-state index in [0.29, 0.717) is 11.2 Å². The van der Waals surface area contributed by atoms with Gasteiger partial charge in [0.05, 0.1) is 0 Å². The normalized spacial score (nSPS) is 17.4. The van der Waals surface area contributed by atoms with Crippen LogP contribution >= 0.6 is 11.3 Å². The lowest BCUT2D eigenvalue weighted by molar-refractivity contribution is 0.0687. The molecule has 1 fully saturated rings. The summed E-state index contributed by atoms with van der Waals surface area (Å²) in [7, 11) is 2.08. The number of Topliss-reactive ketones (excluding diaryl/α,β-unsaturated/α-hetero) is 1. The van der Waals surface area contributed by atoms with E-state index in [9.17, 15) is 9.59 Å². The van der Waals surface area contributed by atoms with Gasteiger partial charge in [0.1, 0.15) is 4.88 Å². The number of hydrogen-bond acceptors (Lipinski definition) is 6. The van der Waals surface area contributed by atoms with Gasteiger partial charge in [0, 0.05) is 13.0 Å². The summed E-state index contributed by atoms with van der Waals surface area (Å²) in [5.41, 5.74) is -0.145. The molecule has 1 aliphatic rings. The third-order valence-electron chi connectivity index (χ3n) is 3.20. The van der Waals surface area contributed by atoms with Crippen LogP contribution in [0.3, 0.4) is 0 Å². The number of aromatic carboxylic acids is 1. The van der Waals surface area contributed by atoms with Crippen molar-refractivity contribution in [1.82, 2.24) is 9.88 Å². The number of nitrogens with one attached hydrogen (secondary N) is 1. The molecule has 0 radical (unpaired) electrons. The summed E-state index contributed by atoms with van der Waals surface area (Å²) < 4.78 is 0. The fourth-order valence-electron chi connectivity index (χ4n) is 2.09. The Hall–Kier alpha value is -1.47. The third-order valence-corrected chi connectivity index (χ3v) is 4.28. The van der Waals surface area contributed by atoms with Crippen LogP contribution in [0, 0.1) is 0 Å². The SMILES string of the molecule is CC(=O)c1sc(NC2CCN(C)CC2)nc1C(=O)O. The van der Waals surface area contributed by atoms with Gasteiger partial charge in [-0.3, -0.25) is 4.79 Å². The first kappa shape index (κ1) is 14.0. The standard InChI is InChI=1S/C12H17N3O3S/c1-7(16)10-9(11(17)18)14-12(19-10)13-8-3-5-15(2)6-4-8/h8H,3-6H2,1-2H3,(H,13,14)(H,17,18). The average Bonchev–Trinajstić information content (AvgIpc) is 2.76. The summed E-state index contributed by atoms with van der Waals surface area (Å²) in [6.45, 7) is 3.38. The molecule has 2 heterocycles. The second-order valence-corrected chi connectivity index (χ2v) is 5.78. The Balaban J connectivity index is 2.11. The minimum atomic E-state index is -1.15. The summed E-state index contributed by atoms with van der Waals surface area (Å²) >= 11 is 1.12. The van der Waals surface area contributed by atoms with E-state index in [-0.39, 0.29) is 16.4 Å². The number of hydrogen-bond donors (Lipinski definition) is 2. The van der Waals surface area contributed by atoms with Crippen molar-refractivity contribution in [2.24, 2.45) is 0 Å². The third kappa shape index (κ3) is 3.30. The number of carboxylic acid groups (broad SMARTS) is 1. The highest BCUT2D eigenvalue weighted by atomic mass is 32.1. The van der Waals surface area contributed by atoms with Crippen molar-refractivity contribution in [2.45, 2.75) is 25.8 Å². The maximum Gasteiger partial charge on any atom is 0.356 e. The summed E-state index contributed by atoms with van der Waals surface area (Å²) in [4.78, 5) is 28.9. The second kappa shape index (κ2) is 5.66. The molecule has 104 valence electrons. The van der Waals surface area contributed by atoms with Crippen molar-refractivity contribution in [3.05, 3.63) is 10.6 Å². The van der Waals surface area contributed by atoms with Crippen molar-refractivity contribution in [1.29, 1.82) is 0 Å². The maximum absolute atomic E-state index is 11.4. The highest BCUT2D eigenvalue weighted by Crippen LogP contribution is 2.25. The fourth-order valence-corrected chi connectivity index (χ4v) is 3.02. The molecule has 7 heteroatoms. The van der Waals surface area contributed by atoms with E-state index < -0.39 is 5.97 Å². The van der Waals surface area contributed by atoms with Gasteiger partial charge in [-0.25, -0.2) is 9.78 Å². The van der Waals surface area contributed by atoms with Gasteiger partial charge in [0.15, 0.2) is 16.6 Å². The number of nitrogens with zero attached hydrogens (tertiary/aromatic N) is 2. The van der Waals surface area contributed by atoms with Crippen LogP contribution < -0.4 is 5.32 Å². The molecular weight excluding hydrogens is 266 g/mol. The van der Waals surface area contributed by atoms with Crippen LogP contribution in [0.15, 0.2) is 0 Å². The van der Waals surface area contributed by atoms with Crippen LogP contribution in [0.25, 0.3) is 0 Å². The number of piperidine rings is 1. The number of rotatable bonds is 4. The number of anilines is 1. The van der Waals surface area contributed by atoms with Crippen LogP contribution in [0.1, 0.15) is 39.9 Å². The molecule has 0 aliphatic carbocycles. The highest BCUT2D eigenvalue weighted by Gasteiger charge is 2.23. The molecule has 6 nitrogen and oxygen atoms in total. The Morgan fingerprint density at radius 2 is 2.05 bits per heavy atom. The molecule has 1 saturated heterocycles. The lowest BCUT2D eigenvalue weighted by Gasteiger charge is -2.29. The monoisotopic (exact) mass is 283 g/mol. The van der Waals surface area contributed by atoms with Gasteiger partial charge in [-0.05, 0) is 33.0 Å². The topological polar surface area (TPSA) is 82.5 Å². The molecule has 1 aromatic rings. The Labute approximate surface area is 115 Å². The Morgan fingerprint density at radius 3 is 2.53 bits per heavy atom. The smallest absolute Gasteiger partial charge is 0.356 e. The summed E-state index contributed by atoms with van der Waals surface area (Å²) in [5.74, 6) is -1.41. The number of carbonyl (C=O) groups is 2. The Kier molecular flexibility index (Phi) is 4.16. The van der Waals surface area contributed by atoms with Crippen molar-refractivity contribution in [3.8, 4) is 0 Å². The van der Waals surface area contributed by atoms with Gasteiger partial charge in [-0.15, -0.1) is 0 Å². The molecule has 1 aromatic heterocycles. The van der Waals surface area contributed by atoms with Crippen LogP contribution in [0.5, 0.6) is 0 Å². The van der Waals surface area contributed by atoms with Crippen molar-refractivity contribution >= 4 is 28.2 Å². The molecule has 2 rings (SSSR count). The van der Waals surface area contributed by atoms with Crippen LogP contribution in [0.2, 0.25) is 0 Å². The second-order valence-electron chi connectivity index (χ2n) is 4.78. The highest BCUT2D eigenvalue weighted by molar-refractivity contribution is 7.17.